The molecule has 102 heavy (non-hydrogen) atoms. The van der Waals surface area contributed by atoms with Gasteiger partial charge in [-0.3, -0.25) is 9.13 Å². The van der Waals surface area contributed by atoms with E-state index in [2.05, 4.69) is 309 Å². The molecule has 25 rings (SSSR count). The number of hydrogen-bond donors (Lipinski definition) is 0. The highest BCUT2D eigenvalue weighted by Crippen LogP contribution is 2.52. The second-order valence-corrected chi connectivity index (χ2v) is 29.6. The van der Waals surface area contributed by atoms with E-state index < -0.39 is 0 Å². The van der Waals surface area contributed by atoms with Crippen LogP contribution in [-0.4, -0.2) is 37.9 Å². The third-order valence-electron chi connectivity index (χ3n) is 22.4. The summed E-state index contributed by atoms with van der Waals surface area (Å²) in [4.78, 5) is 23.2. The molecule has 10 heterocycles. The van der Waals surface area contributed by atoms with E-state index >= 15 is 0 Å². The summed E-state index contributed by atoms with van der Waals surface area (Å²) >= 11 is 3.54. The van der Waals surface area contributed by atoms with Crippen molar-refractivity contribution >= 4 is 215 Å². The van der Waals surface area contributed by atoms with E-state index in [1.807, 2.05) is 0 Å². The molecule has 468 valence electrons. The maximum absolute atomic E-state index is 5.87. The molecule has 8 nitrogen and oxygen atoms in total. The van der Waals surface area contributed by atoms with Gasteiger partial charge in [0.1, 0.15) is 0 Å². The van der Waals surface area contributed by atoms with Crippen molar-refractivity contribution in [1.82, 2.24) is 37.9 Å². The van der Waals surface area contributed by atoms with Gasteiger partial charge in [-0.2, -0.15) is 0 Å². The van der Waals surface area contributed by atoms with Gasteiger partial charge in [-0.1, -0.05) is 231 Å². The van der Waals surface area contributed by atoms with Crippen LogP contribution in [0.3, 0.4) is 0 Å². The van der Waals surface area contributed by atoms with Gasteiger partial charge in [-0.15, -0.1) is 22.7 Å². The van der Waals surface area contributed by atoms with Crippen molar-refractivity contribution in [1.29, 1.82) is 0 Å². The molecule has 0 spiro atoms. The number of nitrogens with zero attached hydrogens (tertiary/aromatic N) is 8. The van der Waals surface area contributed by atoms with Crippen molar-refractivity contribution in [3.8, 4) is 45.5 Å². The van der Waals surface area contributed by atoms with Crippen LogP contribution in [0.15, 0.2) is 291 Å². The normalized spacial score (nSPS) is 12.7. The van der Waals surface area contributed by atoms with Crippen LogP contribution in [0.25, 0.3) is 238 Å². The first kappa shape index (κ1) is 53.9. The van der Waals surface area contributed by atoms with Crippen LogP contribution < -0.4 is 0 Å². The average Bonchev–Trinajstić information content (AvgIpc) is 1.52. The van der Waals surface area contributed by atoms with Crippen LogP contribution in [0.5, 0.6) is 0 Å². The van der Waals surface area contributed by atoms with Gasteiger partial charge in [0.2, 0.25) is 11.9 Å². The van der Waals surface area contributed by atoms with Crippen LogP contribution in [0.1, 0.15) is 0 Å². The summed E-state index contributed by atoms with van der Waals surface area (Å²) in [5.41, 5.74) is 19.6. The summed E-state index contributed by atoms with van der Waals surface area (Å²) in [6.45, 7) is 0. The highest BCUT2D eigenvalue weighted by molar-refractivity contribution is 7.26. The van der Waals surface area contributed by atoms with Gasteiger partial charge in [0, 0.05) is 107 Å². The van der Waals surface area contributed by atoms with E-state index in [0.717, 1.165) is 114 Å². The van der Waals surface area contributed by atoms with Gasteiger partial charge < -0.3 is 8.80 Å². The summed E-state index contributed by atoms with van der Waals surface area (Å²) in [6.07, 6.45) is 0. The molecule has 0 amide bonds. The molecule has 0 aliphatic rings. The van der Waals surface area contributed by atoms with Crippen molar-refractivity contribution in [3.63, 3.8) is 0 Å². The molecule has 0 atom stereocenters. The number of thiophene rings is 2. The Hall–Kier alpha value is -13.1. The molecule has 0 saturated carbocycles. The van der Waals surface area contributed by atoms with E-state index in [4.69, 9.17) is 19.9 Å². The first-order chi connectivity index (χ1) is 50.6. The van der Waals surface area contributed by atoms with Gasteiger partial charge in [-0.25, -0.2) is 19.9 Å². The van der Waals surface area contributed by atoms with Gasteiger partial charge in [0.05, 0.1) is 87.0 Å². The molecular formula is C92H48N8S2. The van der Waals surface area contributed by atoms with Crippen LogP contribution in [0.4, 0.5) is 0 Å². The Bertz CT molecular complexity index is 8080. The SMILES string of the molecule is c1ccc2cc(-c3nc(-n4c5cc6c7ccccc7n7c8ccc(-c9ccc(-c%10nc(-n%11c%12cc%13c%14ccccc%14n%14c%15ccccc%15c(c%12c%12ccc%15ccccc%15c%12%11)c%13%14)nc%11c%10sc%10ccccc%10%11)cc9)cc8c(c5c5ccc8ccccc8c54)c67)nc4c3sc3ccccc34)ccc2c1. The Labute approximate surface area is 585 Å². The molecule has 15 aromatic carbocycles. The summed E-state index contributed by atoms with van der Waals surface area (Å²) in [7, 11) is 0. The van der Waals surface area contributed by atoms with Crippen LogP contribution in [0, 0.1) is 0 Å². The lowest BCUT2D eigenvalue weighted by Gasteiger charge is -2.12. The predicted molar refractivity (Wildman–Crippen MR) is 430 cm³/mol. The lowest BCUT2D eigenvalue weighted by molar-refractivity contribution is 1.02. The van der Waals surface area contributed by atoms with Gasteiger partial charge >= 0.3 is 0 Å². The van der Waals surface area contributed by atoms with Gasteiger partial charge in [-0.05, 0) is 93.3 Å². The number of rotatable bonds is 5. The molecule has 0 fully saturated rings. The molecular weight excluding hydrogens is 1280 g/mol. The molecule has 25 aromatic rings. The number of fused-ring (bicyclic) bond motifs is 31. The van der Waals surface area contributed by atoms with Crippen molar-refractivity contribution in [3.05, 3.63) is 291 Å². The van der Waals surface area contributed by atoms with Crippen molar-refractivity contribution < 1.29 is 0 Å². The number of aromatic nitrogens is 8. The van der Waals surface area contributed by atoms with Crippen LogP contribution >= 0.6 is 22.7 Å². The first-order valence-corrected chi connectivity index (χ1v) is 36.3. The standard InChI is InChI=1S/C92H48N8S2/c1-2-20-54-45-56(38-35-49(54)17-1)82-90-84(63-27-11-16-32-76(63)102-90)96-92(94-82)100-74-48-67-60-24-8-13-29-70(60)98-72-44-41-55(46-68(72)80(88(67)98)78(74)65-43-40-52-19-4-6-22-58(52)86(65)100)50-33-36-53(37-34-50)81-89-83(62-26-10-15-31-75(62)101-89)95-91(93-81)99-73-47-66-59-23-7-12-28-69(59)97-71-30-14-9-25-61(71)79(87(66)97)77(73)64-42-39-51-18-3-5-21-57(51)85(64)99/h1-48H. The smallest absolute Gasteiger partial charge is 0.235 e. The zero-order valence-electron chi connectivity index (χ0n) is 54.1. The quantitative estimate of drug-likeness (QED) is 0.172. The molecule has 0 aliphatic carbocycles. The molecule has 0 bridgehead atoms. The predicted octanol–water partition coefficient (Wildman–Crippen LogP) is 25.0. The number of para-hydroxylation sites is 3. The fraction of sp³-hybridized carbons (Fsp3) is 0. The largest absolute Gasteiger partial charge is 0.308 e. The zero-order chi connectivity index (χ0) is 65.9. The summed E-state index contributed by atoms with van der Waals surface area (Å²) < 4.78 is 14.3. The molecule has 0 saturated heterocycles. The Balaban J connectivity index is 0.723. The summed E-state index contributed by atoms with van der Waals surface area (Å²) in [5, 5.41) is 23.7. The van der Waals surface area contributed by atoms with Crippen molar-refractivity contribution in [2.75, 3.05) is 0 Å². The average molecular weight is 1330 g/mol. The molecule has 0 unspecified atom stereocenters. The van der Waals surface area contributed by atoms with Crippen LogP contribution in [-0.2, 0) is 0 Å². The van der Waals surface area contributed by atoms with E-state index in [-0.39, 0.29) is 0 Å². The van der Waals surface area contributed by atoms with E-state index in [1.54, 1.807) is 22.7 Å². The minimum absolute atomic E-state index is 0.644. The Kier molecular flexibility index (Phi) is 10.2. The molecule has 10 aromatic heterocycles. The minimum Gasteiger partial charge on any atom is -0.308 e. The van der Waals surface area contributed by atoms with E-state index in [9.17, 15) is 0 Å². The van der Waals surface area contributed by atoms with E-state index in [1.165, 1.54) is 112 Å². The lowest BCUT2D eigenvalue weighted by Crippen LogP contribution is -2.03. The third kappa shape index (κ3) is 6.89. The summed E-state index contributed by atoms with van der Waals surface area (Å²) in [6, 6.07) is 107. The fourth-order valence-electron chi connectivity index (χ4n) is 18.1. The van der Waals surface area contributed by atoms with Crippen molar-refractivity contribution in [2.45, 2.75) is 0 Å². The van der Waals surface area contributed by atoms with Gasteiger partial charge in [0.25, 0.3) is 0 Å². The fourth-order valence-corrected chi connectivity index (χ4v) is 20.4. The first-order valence-electron chi connectivity index (χ1n) is 34.7. The Morgan fingerprint density at radius 2 is 0.637 bits per heavy atom. The monoisotopic (exact) mass is 1330 g/mol. The molecule has 0 N–H and O–H groups in total. The zero-order valence-corrected chi connectivity index (χ0v) is 55.7. The maximum Gasteiger partial charge on any atom is 0.235 e. The molecule has 0 aliphatic heterocycles. The lowest BCUT2D eigenvalue weighted by atomic mass is 9.97. The summed E-state index contributed by atoms with van der Waals surface area (Å²) in [5.74, 6) is 1.29. The second kappa shape index (κ2) is 19.4. The Morgan fingerprint density at radius 3 is 1.21 bits per heavy atom. The van der Waals surface area contributed by atoms with Crippen molar-refractivity contribution in [2.24, 2.45) is 0 Å². The van der Waals surface area contributed by atoms with E-state index in [0.29, 0.717) is 11.9 Å². The maximum atomic E-state index is 5.87. The topological polar surface area (TPSA) is 70.2 Å². The van der Waals surface area contributed by atoms with Gasteiger partial charge in [0.15, 0.2) is 0 Å². The molecule has 0 radical (unpaired) electrons. The molecule has 10 heteroatoms. The highest BCUT2D eigenvalue weighted by atomic mass is 32.1. The number of benzene rings is 15. The third-order valence-corrected chi connectivity index (χ3v) is 24.7. The second-order valence-electron chi connectivity index (χ2n) is 27.5. The Morgan fingerprint density at radius 1 is 0.225 bits per heavy atom. The van der Waals surface area contributed by atoms with Crippen LogP contribution in [0.2, 0.25) is 0 Å². The highest BCUT2D eigenvalue weighted by Gasteiger charge is 2.30. The minimum atomic E-state index is 0.644. The number of hydrogen-bond acceptors (Lipinski definition) is 6.